The number of para-hydroxylation sites is 1. The molecule has 24 heavy (non-hydrogen) atoms. The van der Waals surface area contributed by atoms with Crippen LogP contribution in [-0.2, 0) is 6.54 Å². The van der Waals surface area contributed by atoms with Gasteiger partial charge < -0.3 is 10.2 Å². The van der Waals surface area contributed by atoms with E-state index in [9.17, 15) is 23.7 Å². The normalized spacial score (nSPS) is 10.3. The van der Waals surface area contributed by atoms with Crippen molar-refractivity contribution >= 4 is 17.4 Å². The molecule has 0 heterocycles. The highest BCUT2D eigenvalue weighted by Crippen LogP contribution is 2.21. The van der Waals surface area contributed by atoms with Crippen molar-refractivity contribution < 1.29 is 18.5 Å². The van der Waals surface area contributed by atoms with E-state index in [0.29, 0.717) is 11.6 Å². The van der Waals surface area contributed by atoms with Gasteiger partial charge in [-0.2, -0.15) is 0 Å². The van der Waals surface area contributed by atoms with E-state index in [1.54, 1.807) is 19.1 Å². The van der Waals surface area contributed by atoms with Crippen molar-refractivity contribution in [3.05, 3.63) is 69.8 Å². The zero-order valence-corrected chi connectivity index (χ0v) is 12.8. The third kappa shape index (κ3) is 4.03. The highest BCUT2D eigenvalue weighted by atomic mass is 19.1. The number of hydrogen-bond donors (Lipinski definition) is 1. The second-order valence-electron chi connectivity index (χ2n) is 4.95. The standard InChI is InChI=1S/C16H15F2N3O3/c1-2-20(10-11-5-3-4-6-15(11)21(23)24)16(22)19-14-8-7-12(17)9-13(14)18/h3-9H,2,10H2,1H3,(H,19,22). The lowest BCUT2D eigenvalue weighted by molar-refractivity contribution is -0.385. The molecule has 0 spiro atoms. The van der Waals surface area contributed by atoms with Gasteiger partial charge in [0, 0.05) is 24.2 Å². The maximum atomic E-state index is 13.6. The second kappa shape index (κ2) is 7.49. The van der Waals surface area contributed by atoms with Crippen LogP contribution in [0.2, 0.25) is 0 Å². The number of nitro groups is 1. The minimum absolute atomic E-state index is 0.0116. The van der Waals surface area contributed by atoms with E-state index in [4.69, 9.17) is 0 Å². The SMILES string of the molecule is CCN(Cc1ccccc1[N+](=O)[O-])C(=O)Nc1ccc(F)cc1F. The Labute approximate surface area is 136 Å². The molecule has 2 rings (SSSR count). The van der Waals surface area contributed by atoms with Crippen LogP contribution in [-0.4, -0.2) is 22.4 Å². The maximum absolute atomic E-state index is 13.6. The Kier molecular flexibility index (Phi) is 5.41. The molecule has 0 aliphatic heterocycles. The van der Waals surface area contributed by atoms with Gasteiger partial charge in [0.05, 0.1) is 17.2 Å². The average molecular weight is 335 g/mol. The molecule has 2 aromatic carbocycles. The number of anilines is 1. The van der Waals surface area contributed by atoms with Crippen molar-refractivity contribution in [1.82, 2.24) is 4.90 Å². The first-order valence-electron chi connectivity index (χ1n) is 7.15. The number of carbonyl (C=O) groups excluding carboxylic acids is 1. The van der Waals surface area contributed by atoms with Crippen LogP contribution in [0.3, 0.4) is 0 Å². The molecule has 126 valence electrons. The van der Waals surface area contributed by atoms with Crippen LogP contribution in [0.1, 0.15) is 12.5 Å². The lowest BCUT2D eigenvalue weighted by atomic mass is 10.1. The van der Waals surface area contributed by atoms with Crippen molar-refractivity contribution in [3.8, 4) is 0 Å². The first-order valence-corrected chi connectivity index (χ1v) is 7.15. The molecule has 0 saturated carbocycles. The summed E-state index contributed by atoms with van der Waals surface area (Å²) in [6.45, 7) is 1.93. The fourth-order valence-corrected chi connectivity index (χ4v) is 2.14. The monoisotopic (exact) mass is 335 g/mol. The molecule has 0 unspecified atom stereocenters. The minimum Gasteiger partial charge on any atom is -0.320 e. The van der Waals surface area contributed by atoms with Gasteiger partial charge in [0.1, 0.15) is 11.6 Å². The second-order valence-corrected chi connectivity index (χ2v) is 4.95. The number of nitrogens with one attached hydrogen (secondary N) is 1. The van der Waals surface area contributed by atoms with E-state index >= 15 is 0 Å². The molecule has 2 aromatic rings. The van der Waals surface area contributed by atoms with Gasteiger partial charge in [-0.1, -0.05) is 18.2 Å². The number of amides is 2. The lowest BCUT2D eigenvalue weighted by Crippen LogP contribution is -2.34. The van der Waals surface area contributed by atoms with Gasteiger partial charge in [-0.25, -0.2) is 13.6 Å². The summed E-state index contributed by atoms with van der Waals surface area (Å²) in [6.07, 6.45) is 0. The van der Waals surface area contributed by atoms with E-state index in [1.165, 1.54) is 17.0 Å². The number of urea groups is 1. The van der Waals surface area contributed by atoms with E-state index in [-0.39, 0.29) is 24.5 Å². The van der Waals surface area contributed by atoms with E-state index in [2.05, 4.69) is 5.32 Å². The smallest absolute Gasteiger partial charge is 0.320 e. The molecule has 0 bridgehead atoms. The van der Waals surface area contributed by atoms with Crippen molar-refractivity contribution in [2.24, 2.45) is 0 Å². The first kappa shape index (κ1) is 17.3. The van der Waals surface area contributed by atoms with Gasteiger partial charge in [0.2, 0.25) is 0 Å². The fraction of sp³-hybridized carbons (Fsp3) is 0.188. The van der Waals surface area contributed by atoms with Gasteiger partial charge in [-0.05, 0) is 19.1 Å². The summed E-state index contributed by atoms with van der Waals surface area (Å²) >= 11 is 0. The van der Waals surface area contributed by atoms with Crippen LogP contribution in [0.15, 0.2) is 42.5 Å². The summed E-state index contributed by atoms with van der Waals surface area (Å²) in [5.41, 5.74) is 0.0956. The number of hydrogen-bond acceptors (Lipinski definition) is 3. The van der Waals surface area contributed by atoms with Gasteiger partial charge in [0.25, 0.3) is 5.69 Å². The van der Waals surface area contributed by atoms with E-state index < -0.39 is 22.6 Å². The zero-order valence-electron chi connectivity index (χ0n) is 12.8. The molecule has 0 radical (unpaired) electrons. The van der Waals surface area contributed by atoms with Crippen LogP contribution < -0.4 is 5.32 Å². The summed E-state index contributed by atoms with van der Waals surface area (Å²) in [6, 6.07) is 8.22. The van der Waals surface area contributed by atoms with E-state index in [0.717, 1.165) is 12.1 Å². The van der Waals surface area contributed by atoms with Gasteiger partial charge in [-0.3, -0.25) is 10.1 Å². The Hall–Kier alpha value is -3.03. The Balaban J connectivity index is 2.16. The molecule has 6 nitrogen and oxygen atoms in total. The number of carbonyl (C=O) groups is 1. The third-order valence-corrected chi connectivity index (χ3v) is 3.39. The number of benzene rings is 2. The molecule has 0 fully saturated rings. The molecule has 0 aliphatic carbocycles. The van der Waals surface area contributed by atoms with Crippen molar-refractivity contribution in [3.63, 3.8) is 0 Å². The molecular weight excluding hydrogens is 320 g/mol. The average Bonchev–Trinajstić information content (AvgIpc) is 2.55. The number of nitro benzene ring substituents is 1. The first-order chi connectivity index (χ1) is 11.4. The van der Waals surface area contributed by atoms with Gasteiger partial charge in [-0.15, -0.1) is 0 Å². The lowest BCUT2D eigenvalue weighted by Gasteiger charge is -2.21. The Morgan fingerprint density at radius 1 is 1.25 bits per heavy atom. The van der Waals surface area contributed by atoms with E-state index in [1.807, 2.05) is 0 Å². The van der Waals surface area contributed by atoms with Crippen LogP contribution in [0.5, 0.6) is 0 Å². The third-order valence-electron chi connectivity index (χ3n) is 3.39. The molecular formula is C16H15F2N3O3. The summed E-state index contributed by atoms with van der Waals surface area (Å²) < 4.78 is 26.5. The number of rotatable bonds is 5. The predicted molar refractivity (Wildman–Crippen MR) is 84.6 cm³/mol. The van der Waals surface area contributed by atoms with Crippen LogP contribution in [0.4, 0.5) is 25.0 Å². The molecule has 0 aromatic heterocycles. The molecule has 0 aliphatic rings. The highest BCUT2D eigenvalue weighted by molar-refractivity contribution is 5.89. The Morgan fingerprint density at radius 2 is 1.96 bits per heavy atom. The number of halogens is 2. The largest absolute Gasteiger partial charge is 0.322 e. The Morgan fingerprint density at radius 3 is 2.58 bits per heavy atom. The zero-order chi connectivity index (χ0) is 17.7. The molecule has 8 heteroatoms. The van der Waals surface area contributed by atoms with Gasteiger partial charge in [0.15, 0.2) is 0 Å². The minimum atomic E-state index is -0.898. The van der Waals surface area contributed by atoms with Crippen LogP contribution in [0.25, 0.3) is 0 Å². The van der Waals surface area contributed by atoms with Crippen LogP contribution in [0, 0.1) is 21.7 Å². The summed E-state index contributed by atoms with van der Waals surface area (Å²) in [4.78, 5) is 24.0. The maximum Gasteiger partial charge on any atom is 0.322 e. The summed E-state index contributed by atoms with van der Waals surface area (Å²) in [7, 11) is 0. The fourth-order valence-electron chi connectivity index (χ4n) is 2.14. The topological polar surface area (TPSA) is 75.5 Å². The van der Waals surface area contributed by atoms with Crippen LogP contribution >= 0.6 is 0 Å². The summed E-state index contributed by atoms with van der Waals surface area (Å²) in [5.74, 6) is -1.65. The molecule has 0 atom stereocenters. The number of nitrogens with zero attached hydrogens (tertiary/aromatic N) is 2. The predicted octanol–water partition coefficient (Wildman–Crippen LogP) is 3.93. The summed E-state index contributed by atoms with van der Waals surface area (Å²) in [5, 5.41) is 13.4. The van der Waals surface area contributed by atoms with Gasteiger partial charge >= 0.3 is 6.03 Å². The van der Waals surface area contributed by atoms with Crippen molar-refractivity contribution in [2.75, 3.05) is 11.9 Å². The molecule has 0 saturated heterocycles. The highest BCUT2D eigenvalue weighted by Gasteiger charge is 2.19. The Bertz CT molecular complexity index is 768. The molecule has 2 amide bonds. The van der Waals surface area contributed by atoms with Crippen molar-refractivity contribution in [2.45, 2.75) is 13.5 Å². The van der Waals surface area contributed by atoms with Crippen molar-refractivity contribution in [1.29, 1.82) is 0 Å². The quantitative estimate of drug-likeness (QED) is 0.664. The molecule has 1 N–H and O–H groups in total.